The van der Waals surface area contributed by atoms with Crippen molar-refractivity contribution in [3.8, 4) is 0 Å². The van der Waals surface area contributed by atoms with Crippen molar-refractivity contribution in [2.75, 3.05) is 13.7 Å². The molecule has 0 saturated carbocycles. The van der Waals surface area contributed by atoms with Crippen LogP contribution in [0.15, 0.2) is 30.3 Å². The van der Waals surface area contributed by atoms with Gasteiger partial charge in [0.25, 0.3) is 0 Å². The number of benzene rings is 1. The Bertz CT molecular complexity index is 442. The monoisotopic (exact) mass is 280 g/mol. The van der Waals surface area contributed by atoms with Gasteiger partial charge in [0, 0.05) is 7.11 Å². The normalized spacial score (nSPS) is 37.5. The van der Waals surface area contributed by atoms with Crippen LogP contribution in [0.3, 0.4) is 0 Å². The minimum absolute atomic E-state index is 0.272. The third kappa shape index (κ3) is 2.48. The van der Waals surface area contributed by atoms with E-state index in [0.717, 1.165) is 5.46 Å². The minimum atomic E-state index is -1.14. The average Bonchev–Trinajstić information content (AvgIpc) is 2.51. The number of fused-ring (bicyclic) bond motifs is 1. The fourth-order valence-corrected chi connectivity index (χ4v) is 2.55. The number of aliphatic hydroxyl groups is 2. The van der Waals surface area contributed by atoms with Crippen LogP contribution in [-0.2, 0) is 18.8 Å². The molecular formula is C13H17BO6. The summed E-state index contributed by atoms with van der Waals surface area (Å²) in [5.41, 5.74) is 0.863. The summed E-state index contributed by atoms with van der Waals surface area (Å²) < 4.78 is 21.9. The van der Waals surface area contributed by atoms with E-state index in [4.69, 9.17) is 18.8 Å². The molecule has 20 heavy (non-hydrogen) atoms. The SMILES string of the molecule is COC1OC2COB(c3ccccc3)OC2C(O)C1O. The van der Waals surface area contributed by atoms with E-state index in [9.17, 15) is 10.2 Å². The van der Waals surface area contributed by atoms with Crippen LogP contribution in [0.1, 0.15) is 0 Å². The van der Waals surface area contributed by atoms with Gasteiger partial charge >= 0.3 is 7.12 Å². The lowest BCUT2D eigenvalue weighted by Gasteiger charge is -2.45. The molecule has 2 aliphatic heterocycles. The summed E-state index contributed by atoms with van der Waals surface area (Å²) in [6.45, 7) is 0.272. The third-order valence-electron chi connectivity index (χ3n) is 3.64. The molecule has 0 radical (unpaired) electrons. The lowest BCUT2D eigenvalue weighted by molar-refractivity contribution is -0.298. The topological polar surface area (TPSA) is 77.4 Å². The molecule has 108 valence electrons. The highest BCUT2D eigenvalue weighted by Crippen LogP contribution is 2.27. The van der Waals surface area contributed by atoms with Crippen LogP contribution in [0.2, 0.25) is 0 Å². The molecule has 0 aliphatic carbocycles. The fourth-order valence-electron chi connectivity index (χ4n) is 2.55. The largest absolute Gasteiger partial charge is 0.494 e. The highest BCUT2D eigenvalue weighted by Gasteiger charge is 2.49. The van der Waals surface area contributed by atoms with Crippen LogP contribution in [0, 0.1) is 0 Å². The van der Waals surface area contributed by atoms with E-state index in [1.807, 2.05) is 30.3 Å². The first-order chi connectivity index (χ1) is 9.70. The maximum atomic E-state index is 10.1. The van der Waals surface area contributed by atoms with Crippen molar-refractivity contribution in [2.45, 2.75) is 30.7 Å². The molecule has 1 aromatic rings. The highest BCUT2D eigenvalue weighted by atomic mass is 16.7. The smallest absolute Gasteiger partial charge is 0.404 e. The fraction of sp³-hybridized carbons (Fsp3) is 0.538. The number of methoxy groups -OCH3 is 1. The number of hydrogen-bond acceptors (Lipinski definition) is 6. The molecule has 0 amide bonds. The predicted octanol–water partition coefficient (Wildman–Crippen LogP) is -1.11. The van der Waals surface area contributed by atoms with Gasteiger partial charge < -0.3 is 29.0 Å². The van der Waals surface area contributed by atoms with E-state index >= 15 is 0 Å². The third-order valence-corrected chi connectivity index (χ3v) is 3.64. The highest BCUT2D eigenvalue weighted by molar-refractivity contribution is 6.61. The standard InChI is InChI=1S/C13H17BO6/c1-17-13-11(16)10(15)12-9(19-13)7-18-14(20-12)8-5-3-2-4-6-8/h2-6,9-13,15-16H,7H2,1H3. The molecule has 1 aromatic carbocycles. The van der Waals surface area contributed by atoms with Crippen molar-refractivity contribution in [3.05, 3.63) is 30.3 Å². The zero-order chi connectivity index (χ0) is 14.1. The summed E-state index contributed by atoms with van der Waals surface area (Å²) in [6, 6.07) is 9.45. The molecule has 2 N–H and O–H groups in total. The summed E-state index contributed by atoms with van der Waals surface area (Å²) in [5.74, 6) is 0. The molecule has 3 rings (SSSR count). The Morgan fingerprint density at radius 1 is 1.20 bits per heavy atom. The van der Waals surface area contributed by atoms with Crippen molar-refractivity contribution in [3.63, 3.8) is 0 Å². The first-order valence-corrected chi connectivity index (χ1v) is 6.57. The lowest BCUT2D eigenvalue weighted by atomic mass is 9.76. The van der Waals surface area contributed by atoms with Gasteiger partial charge in [-0.05, 0) is 5.46 Å². The molecule has 2 aliphatic rings. The molecule has 6 nitrogen and oxygen atoms in total. The number of hydrogen-bond donors (Lipinski definition) is 2. The van der Waals surface area contributed by atoms with Gasteiger partial charge in [-0.15, -0.1) is 0 Å². The summed E-state index contributed by atoms with van der Waals surface area (Å²) in [7, 11) is 0.847. The maximum absolute atomic E-state index is 10.1. The van der Waals surface area contributed by atoms with Crippen LogP contribution < -0.4 is 5.46 Å². The zero-order valence-electron chi connectivity index (χ0n) is 11.1. The van der Waals surface area contributed by atoms with Gasteiger partial charge in [0.1, 0.15) is 24.4 Å². The first kappa shape index (κ1) is 14.0. The Hall–Kier alpha value is -0.955. The van der Waals surface area contributed by atoms with Crippen molar-refractivity contribution in [1.29, 1.82) is 0 Å². The molecule has 5 atom stereocenters. The van der Waals surface area contributed by atoms with Gasteiger partial charge in [0.2, 0.25) is 0 Å². The van der Waals surface area contributed by atoms with Gasteiger partial charge in [-0.1, -0.05) is 30.3 Å². The van der Waals surface area contributed by atoms with Crippen LogP contribution >= 0.6 is 0 Å². The summed E-state index contributed by atoms with van der Waals surface area (Å²) in [4.78, 5) is 0. The quantitative estimate of drug-likeness (QED) is 0.669. The molecule has 0 aromatic heterocycles. The summed E-state index contributed by atoms with van der Waals surface area (Å²) >= 11 is 0. The van der Waals surface area contributed by atoms with E-state index in [2.05, 4.69) is 0 Å². The Labute approximate surface area is 117 Å². The Morgan fingerprint density at radius 3 is 2.65 bits per heavy atom. The van der Waals surface area contributed by atoms with Gasteiger partial charge in [-0.2, -0.15) is 0 Å². The van der Waals surface area contributed by atoms with Crippen molar-refractivity contribution in [1.82, 2.24) is 0 Å². The second-order valence-corrected chi connectivity index (χ2v) is 4.94. The minimum Gasteiger partial charge on any atom is -0.404 e. The van der Waals surface area contributed by atoms with Crippen molar-refractivity contribution < 1.29 is 29.0 Å². The zero-order valence-corrected chi connectivity index (χ0v) is 11.1. The van der Waals surface area contributed by atoms with Crippen LogP contribution in [-0.4, -0.2) is 61.8 Å². The summed E-state index contributed by atoms with van der Waals surface area (Å²) in [5, 5.41) is 20.1. The molecule has 2 heterocycles. The molecular weight excluding hydrogens is 263 g/mol. The maximum Gasteiger partial charge on any atom is 0.494 e. The van der Waals surface area contributed by atoms with E-state index in [1.165, 1.54) is 7.11 Å². The Morgan fingerprint density at radius 2 is 1.95 bits per heavy atom. The lowest BCUT2D eigenvalue weighted by Crippen LogP contribution is -2.65. The van der Waals surface area contributed by atoms with Gasteiger partial charge in [-0.3, -0.25) is 0 Å². The predicted molar refractivity (Wildman–Crippen MR) is 70.3 cm³/mol. The van der Waals surface area contributed by atoms with Crippen molar-refractivity contribution in [2.24, 2.45) is 0 Å². The molecule has 0 bridgehead atoms. The van der Waals surface area contributed by atoms with Crippen LogP contribution in [0.4, 0.5) is 0 Å². The second-order valence-electron chi connectivity index (χ2n) is 4.94. The van der Waals surface area contributed by atoms with E-state index < -0.39 is 37.8 Å². The van der Waals surface area contributed by atoms with Crippen LogP contribution in [0.25, 0.3) is 0 Å². The summed E-state index contributed by atoms with van der Waals surface area (Å²) in [6.07, 6.45) is -4.19. The Kier molecular flexibility index (Phi) is 4.07. The number of aliphatic hydroxyl groups excluding tert-OH is 2. The second kappa shape index (κ2) is 5.81. The van der Waals surface area contributed by atoms with E-state index in [1.54, 1.807) is 0 Å². The Balaban J connectivity index is 1.74. The van der Waals surface area contributed by atoms with Crippen molar-refractivity contribution >= 4 is 12.6 Å². The number of ether oxygens (including phenoxy) is 2. The molecule has 0 spiro atoms. The van der Waals surface area contributed by atoms with E-state index in [0.29, 0.717) is 0 Å². The van der Waals surface area contributed by atoms with Crippen LogP contribution in [0.5, 0.6) is 0 Å². The molecule has 2 saturated heterocycles. The molecule has 2 fully saturated rings. The van der Waals surface area contributed by atoms with Gasteiger partial charge in [0.05, 0.1) is 6.61 Å². The van der Waals surface area contributed by atoms with E-state index in [-0.39, 0.29) is 6.61 Å². The van der Waals surface area contributed by atoms with Gasteiger partial charge in [-0.25, -0.2) is 0 Å². The number of rotatable bonds is 2. The molecule has 7 heteroatoms. The van der Waals surface area contributed by atoms with Gasteiger partial charge in [0.15, 0.2) is 6.29 Å². The average molecular weight is 280 g/mol. The first-order valence-electron chi connectivity index (χ1n) is 6.57. The molecule has 5 unspecified atom stereocenters.